The molecule has 0 aromatic heterocycles. The van der Waals surface area contributed by atoms with Gasteiger partial charge in [-0.25, -0.2) is 22.0 Å². The van der Waals surface area contributed by atoms with Crippen LogP contribution in [0.25, 0.3) is 0 Å². The normalized spacial score (nSPS) is 16.9. The lowest BCUT2D eigenvalue weighted by atomic mass is 10.00. The third-order valence-electron chi connectivity index (χ3n) is 8.15. The number of ether oxygens (including phenoxy) is 2. The highest BCUT2D eigenvalue weighted by Crippen LogP contribution is 2.18. The van der Waals surface area contributed by atoms with E-state index in [1.54, 1.807) is 0 Å². The smallest absolute Gasteiger partial charge is 0.408 e. The number of rotatable bonds is 19. The zero-order valence-corrected chi connectivity index (χ0v) is 28.3. The number of aliphatic hydroxyl groups excluding tert-OH is 1. The molecule has 4 N–H and O–H groups in total. The zero-order valence-electron chi connectivity index (χ0n) is 27.5. The van der Waals surface area contributed by atoms with Gasteiger partial charge in [0.2, 0.25) is 5.91 Å². The van der Waals surface area contributed by atoms with Crippen molar-refractivity contribution in [3.63, 3.8) is 0 Å². The standard InChI is InChI=1S/C34H49F2N3O7S/c1-4-8-29(9-5-2)47(43,44)22-31(39-34(42)46-28-12-13-45-21-28)33(41)38-30(17-25-15-26(35)18-27(36)16-25)32(40)20-37-19-24-11-7-10-23(6-3)14-24/h7,10-11,14-16,18,28-32,37,40H,4-6,8-9,12-13,17,19-22H2,1-3H3,(H,38,41)(H,39,42)/t28-,30+,31+,32-/m1/s1. The van der Waals surface area contributed by atoms with Gasteiger partial charge in [0.1, 0.15) is 23.8 Å². The molecule has 262 valence electrons. The fraction of sp³-hybridized carbons (Fsp3) is 0.588. The number of aryl methyl sites for hydroxylation is 1. The summed E-state index contributed by atoms with van der Waals surface area (Å²) in [5, 5.41) is 18.8. The van der Waals surface area contributed by atoms with Crippen molar-refractivity contribution in [2.45, 2.75) is 102 Å². The summed E-state index contributed by atoms with van der Waals surface area (Å²) in [5.74, 6) is -3.22. The van der Waals surface area contributed by atoms with Crippen molar-refractivity contribution in [3.8, 4) is 0 Å². The van der Waals surface area contributed by atoms with E-state index in [-0.39, 0.29) is 25.1 Å². The summed E-state index contributed by atoms with van der Waals surface area (Å²) >= 11 is 0. The molecule has 0 bridgehead atoms. The van der Waals surface area contributed by atoms with E-state index in [0.29, 0.717) is 51.3 Å². The molecule has 2 aromatic carbocycles. The Morgan fingerprint density at radius 1 is 1.00 bits per heavy atom. The van der Waals surface area contributed by atoms with Gasteiger partial charge in [-0.15, -0.1) is 0 Å². The van der Waals surface area contributed by atoms with Crippen LogP contribution in [0.15, 0.2) is 42.5 Å². The summed E-state index contributed by atoms with van der Waals surface area (Å²) < 4.78 is 65.8. The van der Waals surface area contributed by atoms with Gasteiger partial charge in [-0.1, -0.05) is 57.9 Å². The number of halogens is 2. The van der Waals surface area contributed by atoms with E-state index in [0.717, 1.165) is 29.7 Å². The number of amides is 2. The fourth-order valence-corrected chi connectivity index (χ4v) is 7.81. The average Bonchev–Trinajstić information content (AvgIpc) is 3.52. The van der Waals surface area contributed by atoms with E-state index in [1.165, 1.54) is 0 Å². The molecule has 10 nitrogen and oxygen atoms in total. The zero-order chi connectivity index (χ0) is 34.4. The molecule has 3 rings (SSSR count). The summed E-state index contributed by atoms with van der Waals surface area (Å²) in [5.41, 5.74) is 2.31. The lowest BCUT2D eigenvalue weighted by Gasteiger charge is -2.28. The van der Waals surface area contributed by atoms with Crippen molar-refractivity contribution in [3.05, 3.63) is 70.8 Å². The number of benzene rings is 2. The van der Waals surface area contributed by atoms with Gasteiger partial charge in [0, 0.05) is 25.6 Å². The van der Waals surface area contributed by atoms with Crippen molar-refractivity contribution in [1.82, 2.24) is 16.0 Å². The molecule has 0 aliphatic carbocycles. The van der Waals surface area contributed by atoms with Gasteiger partial charge in [0.25, 0.3) is 0 Å². The first-order valence-corrected chi connectivity index (χ1v) is 18.1. The van der Waals surface area contributed by atoms with Gasteiger partial charge < -0.3 is 30.5 Å². The van der Waals surface area contributed by atoms with Crippen LogP contribution in [0.5, 0.6) is 0 Å². The second kappa shape index (κ2) is 19.0. The van der Waals surface area contributed by atoms with E-state index >= 15 is 0 Å². The van der Waals surface area contributed by atoms with Crippen LogP contribution < -0.4 is 16.0 Å². The highest BCUT2D eigenvalue weighted by molar-refractivity contribution is 7.92. The average molecular weight is 682 g/mol. The highest BCUT2D eigenvalue weighted by Gasteiger charge is 2.35. The number of carbonyl (C=O) groups excluding carboxylic acids is 2. The molecule has 1 aliphatic rings. The van der Waals surface area contributed by atoms with E-state index in [4.69, 9.17) is 9.47 Å². The van der Waals surface area contributed by atoms with Crippen molar-refractivity contribution in [1.29, 1.82) is 0 Å². The fourth-order valence-electron chi connectivity index (χ4n) is 5.65. The van der Waals surface area contributed by atoms with Crippen LogP contribution in [0.2, 0.25) is 0 Å². The molecule has 1 saturated heterocycles. The third kappa shape index (κ3) is 12.8. The Morgan fingerprint density at radius 2 is 1.68 bits per heavy atom. The number of alkyl carbamates (subject to hydrolysis) is 1. The number of hydrogen-bond acceptors (Lipinski definition) is 8. The van der Waals surface area contributed by atoms with E-state index < -0.39 is 68.8 Å². The van der Waals surface area contributed by atoms with Crippen molar-refractivity contribution >= 4 is 21.8 Å². The first-order chi connectivity index (χ1) is 22.4. The van der Waals surface area contributed by atoms with Gasteiger partial charge in [0.15, 0.2) is 9.84 Å². The molecule has 47 heavy (non-hydrogen) atoms. The summed E-state index contributed by atoms with van der Waals surface area (Å²) in [7, 11) is -3.87. The summed E-state index contributed by atoms with van der Waals surface area (Å²) in [4.78, 5) is 26.6. The Kier molecular flexibility index (Phi) is 15.5. The first kappa shape index (κ1) is 38.3. The minimum Gasteiger partial charge on any atom is -0.444 e. The van der Waals surface area contributed by atoms with Crippen LogP contribution in [0, 0.1) is 11.6 Å². The Balaban J connectivity index is 1.83. The molecule has 13 heteroatoms. The largest absolute Gasteiger partial charge is 0.444 e. The number of nitrogens with one attached hydrogen (secondary N) is 3. The lowest BCUT2D eigenvalue weighted by molar-refractivity contribution is -0.124. The molecule has 1 heterocycles. The molecule has 1 fully saturated rings. The maximum absolute atomic E-state index is 14.1. The topological polar surface area (TPSA) is 143 Å². The summed E-state index contributed by atoms with van der Waals surface area (Å²) in [6.07, 6.45) is 0.410. The Hall–Kier alpha value is -3.13. The maximum Gasteiger partial charge on any atom is 0.408 e. The molecule has 1 aliphatic heterocycles. The van der Waals surface area contributed by atoms with E-state index in [2.05, 4.69) is 16.0 Å². The monoisotopic (exact) mass is 681 g/mol. The highest BCUT2D eigenvalue weighted by atomic mass is 32.2. The van der Waals surface area contributed by atoms with Crippen LogP contribution in [0.3, 0.4) is 0 Å². The molecular weight excluding hydrogens is 632 g/mol. The van der Waals surface area contributed by atoms with E-state index in [9.17, 15) is 31.9 Å². The van der Waals surface area contributed by atoms with Gasteiger partial charge in [-0.05, 0) is 54.5 Å². The maximum atomic E-state index is 14.1. The third-order valence-corrected chi connectivity index (χ3v) is 10.4. The summed E-state index contributed by atoms with van der Waals surface area (Å²) in [6.45, 7) is 6.79. The second-order valence-corrected chi connectivity index (χ2v) is 14.4. The predicted molar refractivity (Wildman–Crippen MR) is 176 cm³/mol. The quantitative estimate of drug-likeness (QED) is 0.175. The van der Waals surface area contributed by atoms with Gasteiger partial charge in [-0.3, -0.25) is 4.79 Å². The van der Waals surface area contributed by atoms with Crippen LogP contribution in [-0.4, -0.2) is 80.6 Å². The number of aliphatic hydroxyl groups is 1. The Bertz CT molecular complexity index is 1380. The van der Waals surface area contributed by atoms with Gasteiger partial charge in [-0.2, -0.15) is 0 Å². The van der Waals surface area contributed by atoms with Crippen LogP contribution in [0.1, 0.15) is 69.6 Å². The number of carbonyl (C=O) groups is 2. The molecule has 4 atom stereocenters. The summed E-state index contributed by atoms with van der Waals surface area (Å²) in [6, 6.07) is 8.16. The molecule has 0 radical (unpaired) electrons. The minimum atomic E-state index is -3.87. The number of sulfone groups is 1. The number of hydrogen-bond donors (Lipinski definition) is 4. The van der Waals surface area contributed by atoms with Crippen LogP contribution >= 0.6 is 0 Å². The van der Waals surface area contributed by atoms with Crippen molar-refractivity contribution in [2.24, 2.45) is 0 Å². The molecular formula is C34H49F2N3O7S. The van der Waals surface area contributed by atoms with Crippen molar-refractivity contribution < 1.29 is 41.4 Å². The van der Waals surface area contributed by atoms with Crippen LogP contribution in [0.4, 0.5) is 13.6 Å². The molecule has 0 unspecified atom stereocenters. The molecule has 2 aromatic rings. The molecule has 0 spiro atoms. The molecule has 2 amide bonds. The predicted octanol–water partition coefficient (Wildman–Crippen LogP) is 3.97. The Morgan fingerprint density at radius 3 is 2.30 bits per heavy atom. The van der Waals surface area contributed by atoms with Gasteiger partial charge in [0.05, 0.1) is 36.4 Å². The Labute approximate surface area is 276 Å². The van der Waals surface area contributed by atoms with Crippen molar-refractivity contribution in [2.75, 3.05) is 25.5 Å². The van der Waals surface area contributed by atoms with Gasteiger partial charge >= 0.3 is 6.09 Å². The van der Waals surface area contributed by atoms with Crippen LogP contribution in [-0.2, 0) is 43.5 Å². The second-order valence-electron chi connectivity index (χ2n) is 12.1. The SMILES string of the molecule is CCCC(CCC)S(=O)(=O)C[C@H](NC(=O)O[C@@H]1CCOC1)C(=O)N[C@@H](Cc1cc(F)cc(F)c1)[C@H](O)CNCc1cccc(CC)c1. The van der Waals surface area contributed by atoms with E-state index in [1.807, 2.05) is 45.0 Å². The lowest BCUT2D eigenvalue weighted by Crippen LogP contribution is -2.57. The molecule has 0 saturated carbocycles. The first-order valence-electron chi connectivity index (χ1n) is 16.4. The minimum absolute atomic E-state index is 0.00567.